The molecule has 1 atom stereocenters. The first kappa shape index (κ1) is 7.80. The molecule has 3 nitrogen and oxygen atoms in total. The van der Waals surface area contributed by atoms with Gasteiger partial charge in [-0.2, -0.15) is 0 Å². The van der Waals surface area contributed by atoms with Crippen LogP contribution in [0.1, 0.15) is 37.8 Å². The van der Waals surface area contributed by atoms with Gasteiger partial charge in [0.25, 0.3) is 0 Å². The van der Waals surface area contributed by atoms with Crippen LogP contribution < -0.4 is 5.73 Å². The van der Waals surface area contributed by atoms with E-state index in [2.05, 4.69) is 18.8 Å². The highest BCUT2D eigenvalue weighted by Crippen LogP contribution is 2.38. The number of nitrogens with zero attached hydrogens (tertiary/aromatic N) is 1. The second kappa shape index (κ2) is 2.33. The molecule has 0 spiro atoms. The van der Waals surface area contributed by atoms with Gasteiger partial charge in [-0.15, -0.1) is 0 Å². The number of rotatable bonds is 0. The molecule has 0 fully saturated rings. The van der Waals surface area contributed by atoms with Crippen molar-refractivity contribution in [2.24, 2.45) is 11.1 Å². The highest BCUT2D eigenvalue weighted by atomic mass is 16.3. The van der Waals surface area contributed by atoms with Crippen LogP contribution in [0.3, 0.4) is 0 Å². The Morgan fingerprint density at radius 3 is 3.17 bits per heavy atom. The Bertz CT molecular complexity index is 290. The Hall–Kier alpha value is -0.830. The molecule has 0 bridgehead atoms. The number of hydrogen-bond donors (Lipinski definition) is 1. The fourth-order valence-corrected chi connectivity index (χ4v) is 1.91. The summed E-state index contributed by atoms with van der Waals surface area (Å²) in [6.07, 6.45) is 3.44. The van der Waals surface area contributed by atoms with Crippen LogP contribution in [0.5, 0.6) is 0 Å². The molecule has 0 saturated heterocycles. The van der Waals surface area contributed by atoms with E-state index in [0.717, 1.165) is 24.3 Å². The van der Waals surface area contributed by atoms with Crippen LogP contribution in [0, 0.1) is 5.41 Å². The molecule has 0 saturated carbocycles. The first-order chi connectivity index (χ1) is 5.58. The normalized spacial score (nSPS) is 26.8. The first-order valence-corrected chi connectivity index (χ1v) is 4.26. The van der Waals surface area contributed by atoms with Crippen LogP contribution in [-0.4, -0.2) is 4.98 Å². The second-order valence-corrected chi connectivity index (χ2v) is 4.31. The molecule has 1 aromatic rings. The Labute approximate surface area is 72.0 Å². The van der Waals surface area contributed by atoms with E-state index in [9.17, 15) is 0 Å². The van der Waals surface area contributed by atoms with Crippen molar-refractivity contribution in [1.82, 2.24) is 4.98 Å². The van der Waals surface area contributed by atoms with Gasteiger partial charge in [0.1, 0.15) is 5.76 Å². The van der Waals surface area contributed by atoms with Crippen molar-refractivity contribution in [3.63, 3.8) is 0 Å². The number of fused-ring (bicyclic) bond motifs is 1. The summed E-state index contributed by atoms with van der Waals surface area (Å²) in [7, 11) is 0. The summed E-state index contributed by atoms with van der Waals surface area (Å²) in [5.74, 6) is 0.971. The molecule has 0 aliphatic heterocycles. The fraction of sp³-hybridized carbons (Fsp3) is 0.667. The molecule has 12 heavy (non-hydrogen) atoms. The van der Waals surface area contributed by atoms with Gasteiger partial charge in [-0.1, -0.05) is 13.8 Å². The van der Waals surface area contributed by atoms with Crippen LogP contribution in [0.15, 0.2) is 10.8 Å². The van der Waals surface area contributed by atoms with Gasteiger partial charge in [0, 0.05) is 6.42 Å². The number of aromatic nitrogens is 1. The maximum atomic E-state index is 5.94. The highest BCUT2D eigenvalue weighted by molar-refractivity contribution is 5.18. The molecule has 0 radical (unpaired) electrons. The lowest BCUT2D eigenvalue weighted by Gasteiger charge is -2.31. The minimum Gasteiger partial charge on any atom is -0.448 e. The second-order valence-electron chi connectivity index (χ2n) is 4.31. The van der Waals surface area contributed by atoms with Crippen LogP contribution in [-0.2, 0) is 6.42 Å². The Kier molecular flexibility index (Phi) is 1.51. The smallest absolute Gasteiger partial charge is 0.181 e. The average Bonchev–Trinajstić information content (AvgIpc) is 2.31. The summed E-state index contributed by atoms with van der Waals surface area (Å²) < 4.78 is 5.27. The third-order valence-electron chi connectivity index (χ3n) is 2.44. The van der Waals surface area contributed by atoms with Crippen molar-refractivity contribution in [2.45, 2.75) is 32.7 Å². The van der Waals surface area contributed by atoms with Gasteiger partial charge in [-0.25, -0.2) is 4.98 Å². The Morgan fingerprint density at radius 1 is 1.67 bits per heavy atom. The van der Waals surface area contributed by atoms with Crippen molar-refractivity contribution < 1.29 is 4.42 Å². The highest BCUT2D eigenvalue weighted by Gasteiger charge is 2.33. The lowest BCUT2D eigenvalue weighted by molar-refractivity contribution is 0.255. The molecular weight excluding hydrogens is 152 g/mol. The largest absolute Gasteiger partial charge is 0.448 e. The fourth-order valence-electron chi connectivity index (χ4n) is 1.91. The zero-order valence-electron chi connectivity index (χ0n) is 7.50. The third kappa shape index (κ3) is 1.14. The quantitative estimate of drug-likeness (QED) is 0.637. The van der Waals surface area contributed by atoms with Gasteiger partial charge < -0.3 is 10.2 Å². The van der Waals surface area contributed by atoms with E-state index in [1.54, 1.807) is 0 Å². The minimum absolute atomic E-state index is 0.0579. The van der Waals surface area contributed by atoms with Crippen molar-refractivity contribution in [1.29, 1.82) is 0 Å². The van der Waals surface area contributed by atoms with Crippen LogP contribution in [0.2, 0.25) is 0 Å². The van der Waals surface area contributed by atoms with E-state index in [0.29, 0.717) is 0 Å². The molecule has 1 unspecified atom stereocenters. The minimum atomic E-state index is 0.0579. The van der Waals surface area contributed by atoms with E-state index in [4.69, 9.17) is 10.2 Å². The van der Waals surface area contributed by atoms with E-state index in [1.807, 2.05) is 0 Å². The number of oxazole rings is 1. The van der Waals surface area contributed by atoms with Crippen LogP contribution in [0.25, 0.3) is 0 Å². The van der Waals surface area contributed by atoms with E-state index < -0.39 is 0 Å². The molecule has 1 heterocycles. The molecule has 2 N–H and O–H groups in total. The molecule has 66 valence electrons. The van der Waals surface area contributed by atoms with Gasteiger partial charge in [0.05, 0.1) is 11.7 Å². The maximum absolute atomic E-state index is 5.94. The standard InChI is InChI=1S/C9H14N2O/c1-9(2)3-6(10)8-7(4-9)12-5-11-8/h5-6H,3-4,10H2,1-2H3. The van der Waals surface area contributed by atoms with Crippen molar-refractivity contribution in [3.05, 3.63) is 17.8 Å². The molecule has 0 amide bonds. The lowest BCUT2D eigenvalue weighted by Crippen LogP contribution is -2.29. The van der Waals surface area contributed by atoms with Crippen molar-refractivity contribution in [3.8, 4) is 0 Å². The molecule has 1 aliphatic carbocycles. The van der Waals surface area contributed by atoms with E-state index in [-0.39, 0.29) is 11.5 Å². The molecule has 1 aliphatic rings. The van der Waals surface area contributed by atoms with Crippen LogP contribution in [0.4, 0.5) is 0 Å². The van der Waals surface area contributed by atoms with Gasteiger partial charge in [0.2, 0.25) is 0 Å². The van der Waals surface area contributed by atoms with Gasteiger partial charge in [0.15, 0.2) is 6.39 Å². The predicted octanol–water partition coefficient (Wildman–Crippen LogP) is 1.65. The lowest BCUT2D eigenvalue weighted by atomic mass is 9.76. The maximum Gasteiger partial charge on any atom is 0.181 e. The van der Waals surface area contributed by atoms with Crippen LogP contribution >= 0.6 is 0 Å². The van der Waals surface area contributed by atoms with E-state index in [1.165, 1.54) is 6.39 Å². The number of hydrogen-bond acceptors (Lipinski definition) is 3. The van der Waals surface area contributed by atoms with E-state index >= 15 is 0 Å². The molecule has 0 aromatic carbocycles. The summed E-state index contributed by atoms with van der Waals surface area (Å²) >= 11 is 0. The first-order valence-electron chi connectivity index (χ1n) is 4.26. The summed E-state index contributed by atoms with van der Waals surface area (Å²) in [4.78, 5) is 4.11. The van der Waals surface area contributed by atoms with Crippen molar-refractivity contribution in [2.75, 3.05) is 0 Å². The van der Waals surface area contributed by atoms with Gasteiger partial charge >= 0.3 is 0 Å². The SMILES string of the molecule is CC1(C)Cc2ocnc2C(N)C1. The van der Waals surface area contributed by atoms with Gasteiger partial charge in [-0.05, 0) is 11.8 Å². The third-order valence-corrected chi connectivity index (χ3v) is 2.44. The molecule has 1 aromatic heterocycles. The molecule has 3 heteroatoms. The summed E-state index contributed by atoms with van der Waals surface area (Å²) in [5.41, 5.74) is 7.15. The Morgan fingerprint density at radius 2 is 2.42 bits per heavy atom. The molecular formula is C9H14N2O. The summed E-state index contributed by atoms with van der Waals surface area (Å²) in [6.45, 7) is 4.41. The van der Waals surface area contributed by atoms with Gasteiger partial charge in [-0.3, -0.25) is 0 Å². The zero-order chi connectivity index (χ0) is 8.77. The monoisotopic (exact) mass is 166 g/mol. The summed E-state index contributed by atoms with van der Waals surface area (Å²) in [5, 5.41) is 0. The predicted molar refractivity (Wildman–Crippen MR) is 45.5 cm³/mol. The summed E-state index contributed by atoms with van der Waals surface area (Å²) in [6, 6.07) is 0.0579. The topological polar surface area (TPSA) is 52.0 Å². The number of nitrogens with two attached hydrogens (primary N) is 1. The Balaban J connectivity index is 2.38. The average molecular weight is 166 g/mol. The van der Waals surface area contributed by atoms with Crippen molar-refractivity contribution >= 4 is 0 Å². The molecule has 2 rings (SSSR count). The zero-order valence-corrected chi connectivity index (χ0v) is 7.50.